The smallest absolute Gasteiger partial charge is 0.139 e. The number of aromatic nitrogens is 1. The second-order valence-electron chi connectivity index (χ2n) is 11.3. The summed E-state index contributed by atoms with van der Waals surface area (Å²) in [4.78, 5) is 4.83. The Balaban J connectivity index is 1.52. The summed E-state index contributed by atoms with van der Waals surface area (Å²) < 4.78 is 12.3. The van der Waals surface area contributed by atoms with Crippen LogP contribution in [-0.2, 0) is 11.8 Å². The zero-order chi connectivity index (χ0) is 25.0. The van der Waals surface area contributed by atoms with Crippen molar-refractivity contribution in [3.05, 3.63) is 90.3 Å². The van der Waals surface area contributed by atoms with E-state index in [0.717, 1.165) is 50.9 Å². The van der Waals surface area contributed by atoms with Gasteiger partial charge in [-0.1, -0.05) is 65.0 Å². The van der Waals surface area contributed by atoms with Crippen LogP contribution in [0.3, 0.4) is 0 Å². The van der Waals surface area contributed by atoms with Gasteiger partial charge >= 0.3 is 0 Å². The minimum absolute atomic E-state index is 0.00840. The molecular formula is C33H31NO2. The Morgan fingerprint density at radius 2 is 1.67 bits per heavy atom. The largest absolute Gasteiger partial charge is 0.464 e. The summed E-state index contributed by atoms with van der Waals surface area (Å²) in [5.74, 6) is 1.40. The molecule has 0 bridgehead atoms. The number of hydrogen-bond donors (Lipinski definition) is 0. The number of rotatable bonds is 4. The molecule has 3 nitrogen and oxygen atoms in total. The first kappa shape index (κ1) is 22.6. The van der Waals surface area contributed by atoms with Crippen molar-refractivity contribution in [3.8, 4) is 22.6 Å². The van der Waals surface area contributed by atoms with Gasteiger partial charge in [0.1, 0.15) is 23.2 Å². The topological polar surface area (TPSA) is 39.2 Å². The van der Waals surface area contributed by atoms with Crippen LogP contribution in [0.4, 0.5) is 0 Å². The maximum Gasteiger partial charge on any atom is 0.139 e. The van der Waals surface area contributed by atoms with E-state index in [1.165, 1.54) is 21.9 Å². The van der Waals surface area contributed by atoms with E-state index >= 15 is 0 Å². The molecule has 36 heavy (non-hydrogen) atoms. The Kier molecular flexibility index (Phi) is 5.26. The summed E-state index contributed by atoms with van der Waals surface area (Å²) in [5.41, 5.74) is 7.36. The van der Waals surface area contributed by atoms with Gasteiger partial charge in [0.05, 0.1) is 11.3 Å². The van der Waals surface area contributed by atoms with Gasteiger partial charge in [0.25, 0.3) is 0 Å². The molecular weight excluding hydrogens is 442 g/mol. The number of pyridine rings is 1. The number of nitrogens with zero attached hydrogens (tertiary/aromatic N) is 1. The standard InChI is InChI=1S/C33H31NO2/c1-20(2)14-21-10-11-29-25(15-21)27(19-35-29)31-18-26-30(36-31)12-13-34-32(26)23-16-22-8-6-7-9-24(22)28(17-23)33(3,4)5/h6-13,15-20H,14H2,1-5H3. The molecule has 0 amide bonds. The van der Waals surface area contributed by atoms with Crippen LogP contribution in [0.15, 0.2) is 88.0 Å². The third-order valence-corrected chi connectivity index (χ3v) is 6.94. The highest BCUT2D eigenvalue weighted by molar-refractivity contribution is 6.00. The van der Waals surface area contributed by atoms with Gasteiger partial charge in [0, 0.05) is 22.5 Å². The molecule has 0 aliphatic rings. The summed E-state index contributed by atoms with van der Waals surface area (Å²) >= 11 is 0. The quantitative estimate of drug-likeness (QED) is 0.256. The van der Waals surface area contributed by atoms with Crippen molar-refractivity contribution in [1.82, 2.24) is 4.98 Å². The van der Waals surface area contributed by atoms with Gasteiger partial charge in [-0.3, -0.25) is 4.98 Å². The molecule has 180 valence electrons. The highest BCUT2D eigenvalue weighted by Gasteiger charge is 2.21. The van der Waals surface area contributed by atoms with Crippen molar-refractivity contribution in [3.63, 3.8) is 0 Å². The number of benzene rings is 3. The van der Waals surface area contributed by atoms with Crippen LogP contribution in [0.5, 0.6) is 0 Å². The van der Waals surface area contributed by atoms with Crippen molar-refractivity contribution >= 4 is 32.7 Å². The zero-order valence-electron chi connectivity index (χ0n) is 21.6. The summed E-state index contributed by atoms with van der Waals surface area (Å²) in [5, 5.41) is 4.61. The normalized spacial score (nSPS) is 12.4. The molecule has 0 saturated carbocycles. The fourth-order valence-electron chi connectivity index (χ4n) is 5.26. The predicted octanol–water partition coefficient (Wildman–Crippen LogP) is 9.56. The first-order chi connectivity index (χ1) is 17.3. The summed E-state index contributed by atoms with van der Waals surface area (Å²) in [7, 11) is 0. The minimum Gasteiger partial charge on any atom is -0.464 e. The van der Waals surface area contributed by atoms with Crippen molar-refractivity contribution < 1.29 is 8.83 Å². The van der Waals surface area contributed by atoms with Gasteiger partial charge in [-0.05, 0) is 76.1 Å². The Hall–Kier alpha value is -3.85. The molecule has 0 spiro atoms. The van der Waals surface area contributed by atoms with E-state index < -0.39 is 0 Å². The molecule has 0 fully saturated rings. The highest BCUT2D eigenvalue weighted by Crippen LogP contribution is 2.40. The van der Waals surface area contributed by atoms with Gasteiger partial charge in [-0.15, -0.1) is 0 Å². The molecule has 0 aliphatic heterocycles. The third kappa shape index (κ3) is 3.89. The molecule has 3 heteroatoms. The van der Waals surface area contributed by atoms with Gasteiger partial charge in [0.2, 0.25) is 0 Å². The van der Waals surface area contributed by atoms with Crippen LogP contribution in [0.25, 0.3) is 55.3 Å². The summed E-state index contributed by atoms with van der Waals surface area (Å²) in [6, 6.07) is 23.6. The fourth-order valence-corrected chi connectivity index (χ4v) is 5.26. The lowest BCUT2D eigenvalue weighted by molar-refractivity contribution is 0.596. The van der Waals surface area contributed by atoms with Crippen molar-refractivity contribution in [1.29, 1.82) is 0 Å². The second kappa shape index (κ2) is 8.37. The van der Waals surface area contributed by atoms with Crippen LogP contribution in [0.1, 0.15) is 45.7 Å². The highest BCUT2D eigenvalue weighted by atomic mass is 16.3. The van der Waals surface area contributed by atoms with Gasteiger partial charge in [-0.25, -0.2) is 0 Å². The molecule has 6 aromatic rings. The Morgan fingerprint density at radius 1 is 0.833 bits per heavy atom. The molecule has 0 aliphatic carbocycles. The van der Waals surface area contributed by atoms with Crippen LogP contribution in [0.2, 0.25) is 0 Å². The average molecular weight is 474 g/mol. The van der Waals surface area contributed by atoms with Crippen LogP contribution in [-0.4, -0.2) is 4.98 Å². The Bertz CT molecular complexity index is 1730. The predicted molar refractivity (Wildman–Crippen MR) is 149 cm³/mol. The molecule has 3 aromatic carbocycles. The van der Waals surface area contributed by atoms with Gasteiger partial charge in [-0.2, -0.15) is 0 Å². The van der Waals surface area contributed by atoms with E-state index in [-0.39, 0.29) is 5.41 Å². The molecule has 0 atom stereocenters. The van der Waals surface area contributed by atoms with E-state index in [0.29, 0.717) is 5.92 Å². The third-order valence-electron chi connectivity index (χ3n) is 6.94. The van der Waals surface area contributed by atoms with Gasteiger partial charge in [0.15, 0.2) is 0 Å². The molecule has 3 heterocycles. The fraction of sp³-hybridized carbons (Fsp3) is 0.242. The van der Waals surface area contributed by atoms with E-state index in [1.807, 2.05) is 18.5 Å². The second-order valence-corrected chi connectivity index (χ2v) is 11.3. The summed E-state index contributed by atoms with van der Waals surface area (Å²) in [6.45, 7) is 11.3. The van der Waals surface area contributed by atoms with E-state index in [1.54, 1.807) is 0 Å². The molecule has 0 saturated heterocycles. The van der Waals surface area contributed by atoms with Crippen molar-refractivity contribution in [2.75, 3.05) is 0 Å². The SMILES string of the molecule is CC(C)Cc1ccc2occ(-c3cc4c(-c5cc(C(C)(C)C)c6ccccc6c5)nccc4o3)c2c1. The average Bonchev–Trinajstić information content (AvgIpc) is 3.46. The van der Waals surface area contributed by atoms with Crippen molar-refractivity contribution in [2.45, 2.75) is 46.5 Å². The first-order valence-corrected chi connectivity index (χ1v) is 12.7. The number of fused-ring (bicyclic) bond motifs is 3. The number of furan rings is 2. The van der Waals surface area contributed by atoms with E-state index in [9.17, 15) is 0 Å². The Morgan fingerprint density at radius 3 is 2.47 bits per heavy atom. The summed E-state index contributed by atoms with van der Waals surface area (Å²) in [6.07, 6.45) is 4.68. The lowest BCUT2D eigenvalue weighted by atomic mass is 9.82. The number of hydrogen-bond acceptors (Lipinski definition) is 3. The Labute approximate surface area is 211 Å². The van der Waals surface area contributed by atoms with Crippen LogP contribution in [0, 0.1) is 5.92 Å². The molecule has 3 aromatic heterocycles. The minimum atomic E-state index is 0.00840. The molecule has 6 rings (SSSR count). The van der Waals surface area contributed by atoms with Crippen LogP contribution < -0.4 is 0 Å². The maximum atomic E-state index is 6.39. The first-order valence-electron chi connectivity index (χ1n) is 12.7. The van der Waals surface area contributed by atoms with Crippen LogP contribution >= 0.6 is 0 Å². The maximum absolute atomic E-state index is 6.39. The lowest BCUT2D eigenvalue weighted by Gasteiger charge is -2.22. The molecule has 0 radical (unpaired) electrons. The molecule has 0 N–H and O–H groups in total. The molecule has 0 unspecified atom stereocenters. The lowest BCUT2D eigenvalue weighted by Crippen LogP contribution is -2.12. The monoisotopic (exact) mass is 473 g/mol. The van der Waals surface area contributed by atoms with Crippen molar-refractivity contribution in [2.24, 2.45) is 5.92 Å². The zero-order valence-corrected chi connectivity index (χ0v) is 21.6. The van der Waals surface area contributed by atoms with E-state index in [4.69, 9.17) is 13.8 Å². The van der Waals surface area contributed by atoms with Gasteiger partial charge < -0.3 is 8.83 Å². The van der Waals surface area contributed by atoms with E-state index in [2.05, 4.69) is 95.3 Å².